The molecule has 0 unspecified atom stereocenters. The molecule has 23 nitrogen and oxygen atoms in total. The summed E-state index contributed by atoms with van der Waals surface area (Å²) in [6.45, 7) is 1.93. The number of ketones is 3. The van der Waals surface area contributed by atoms with Gasteiger partial charge in [-0.2, -0.15) is 0 Å². The predicted molar refractivity (Wildman–Crippen MR) is 386 cm³/mol. The van der Waals surface area contributed by atoms with E-state index in [9.17, 15) is 38.4 Å². The number of pyridine rings is 3. The number of para-hydroxylation sites is 3. The maximum atomic E-state index is 13.3. The number of carbonyl (C=O) groups excluding carboxylic acids is 7. The molecule has 0 aliphatic heterocycles. The van der Waals surface area contributed by atoms with Crippen molar-refractivity contribution in [2.24, 2.45) is 15.6 Å². The molecule has 9 N–H and O–H groups in total. The molecule has 0 spiro atoms. The molecule has 5 aromatic carbocycles. The molecule has 101 heavy (non-hydrogen) atoms. The maximum absolute atomic E-state index is 13.3. The second-order valence-electron chi connectivity index (χ2n) is 22.4. The zero-order chi connectivity index (χ0) is 71.4. The number of aromatic nitrogens is 6. The Kier molecular flexibility index (Phi) is 31.9. The van der Waals surface area contributed by atoms with Gasteiger partial charge in [-0.05, 0) is 111 Å². The van der Waals surface area contributed by atoms with Gasteiger partial charge in [0.05, 0.1) is 38.1 Å². The summed E-state index contributed by atoms with van der Waals surface area (Å²) in [6, 6.07) is 49.9. The van der Waals surface area contributed by atoms with Crippen LogP contribution in [0.3, 0.4) is 0 Å². The third-order valence-corrected chi connectivity index (χ3v) is 19.8. The first-order chi connectivity index (χ1) is 49.3. The fourth-order valence-corrected chi connectivity index (χ4v) is 14.1. The molecule has 0 aliphatic carbocycles. The number of aromatic carboxylic acids is 1. The number of ether oxygens (including phenoxy) is 2. The minimum atomic E-state index is -0.919. The van der Waals surface area contributed by atoms with Gasteiger partial charge in [0.15, 0.2) is 10.0 Å². The second kappa shape index (κ2) is 42.1. The molecule has 6 aromatic heterocycles. The number of alkyl carbamates (subject to hydrolysis) is 2. The topological polar surface area (TPSA) is 353 Å². The van der Waals surface area contributed by atoms with E-state index in [1.807, 2.05) is 133 Å². The van der Waals surface area contributed by atoms with Crippen molar-refractivity contribution in [1.82, 2.24) is 51.2 Å². The molecule has 0 saturated heterocycles. The van der Waals surface area contributed by atoms with Gasteiger partial charge >= 0.3 is 185 Å². The minimum absolute atomic E-state index is 0.0894. The van der Waals surface area contributed by atoms with E-state index in [4.69, 9.17) is 24.3 Å². The Hall–Kier alpha value is -10.2. The van der Waals surface area contributed by atoms with Crippen molar-refractivity contribution in [3.05, 3.63) is 250 Å². The number of Topliss-reactive ketones (excluding diaryl/α,β-unsaturated/α-hetero) is 3. The fourth-order valence-electron chi connectivity index (χ4n) is 9.72. The van der Waals surface area contributed by atoms with Gasteiger partial charge in [-0.1, -0.05) is 72.8 Å². The van der Waals surface area contributed by atoms with Crippen LogP contribution in [-0.2, 0) is 22.7 Å². The van der Waals surface area contributed by atoms with E-state index in [0.717, 1.165) is 78.3 Å². The molecule has 4 amide bonds. The molecule has 0 fully saturated rings. The van der Waals surface area contributed by atoms with Gasteiger partial charge in [-0.15, -0.1) is 22.7 Å². The van der Waals surface area contributed by atoms with Gasteiger partial charge in [0.25, 0.3) is 11.8 Å². The molecule has 3 atom stereocenters. The van der Waals surface area contributed by atoms with Crippen LogP contribution in [-0.4, -0.2) is 118 Å². The molecule has 0 radical (unpaired) electrons. The first kappa shape index (κ1) is 76.6. The zero-order valence-corrected chi connectivity index (χ0v) is 59.5. The number of hydrogen-bond acceptors (Lipinski definition) is 21. The summed E-state index contributed by atoms with van der Waals surface area (Å²) in [6.07, 6.45) is 14.2. The third kappa shape index (κ3) is 25.5. The zero-order valence-electron chi connectivity index (χ0n) is 54.9. The van der Waals surface area contributed by atoms with Crippen LogP contribution in [0.15, 0.2) is 207 Å². The van der Waals surface area contributed by atoms with Crippen LogP contribution >= 0.6 is 34.0 Å². The molecular formula is C74H76IN12O11S3-. The van der Waals surface area contributed by atoms with Crippen molar-refractivity contribution >= 4 is 112 Å². The number of hydrogen-bond donors (Lipinski definition) is 7. The second-order valence-corrected chi connectivity index (χ2v) is 27.2. The summed E-state index contributed by atoms with van der Waals surface area (Å²) in [7, 11) is 0. The van der Waals surface area contributed by atoms with E-state index in [1.165, 1.54) is 70.9 Å². The number of nitrogens with zero attached hydrogens (tertiary/aromatic N) is 6. The smallest absolute Gasteiger partial charge is 0.407 e. The molecule has 0 aliphatic rings. The number of nitrogens with two attached hydrogens (primary N) is 2. The number of carboxylic acid groups (broad SMARTS) is 1. The maximum Gasteiger partial charge on any atom is 0.407 e. The fraction of sp³-hybridized carbons (Fsp3) is 0.243. The van der Waals surface area contributed by atoms with E-state index in [2.05, 4.69) is 51.2 Å². The number of halogens is 1. The van der Waals surface area contributed by atoms with E-state index in [0.29, 0.717) is 71.5 Å². The van der Waals surface area contributed by atoms with Gasteiger partial charge in [-0.3, -0.25) is 34.1 Å². The predicted octanol–water partition coefficient (Wildman–Crippen LogP) is 9.51. The van der Waals surface area contributed by atoms with Crippen LogP contribution in [0, 0.1) is 5.92 Å². The largest absolute Gasteiger partial charge is 0.478 e. The normalized spacial score (nSPS) is 11.6. The van der Waals surface area contributed by atoms with Crippen LogP contribution in [0.5, 0.6) is 0 Å². The summed E-state index contributed by atoms with van der Waals surface area (Å²) in [4.78, 5) is 123. The van der Waals surface area contributed by atoms with Crippen molar-refractivity contribution in [2.75, 3.05) is 24.1 Å². The monoisotopic (exact) mass is 1530 g/mol. The van der Waals surface area contributed by atoms with Gasteiger partial charge < -0.3 is 31.5 Å². The van der Waals surface area contributed by atoms with Crippen LogP contribution in [0.4, 0.5) is 9.59 Å². The summed E-state index contributed by atoms with van der Waals surface area (Å²) in [5, 5.41) is 20.9. The Morgan fingerprint density at radius 2 is 0.792 bits per heavy atom. The Labute approximate surface area is 606 Å². The van der Waals surface area contributed by atoms with Gasteiger partial charge in [-0.25, -0.2) is 19.6 Å². The standard InChI is InChI=1S/C27H26N4O4S.C22H25IN3O3S.C19H20N4O2S.C6H5NO2/c32-24(26-31-21-10-4-5-12-23(21)36-26)22(30-25(33)20-13-16-28-17-14-20)11-6-7-15-29-27(34)35-18-19-8-2-1-3-9-19;24-23-14-17(20(27)21-26-18-11-4-5-12-19(18)30-21)10-6-7-13-25-22(28)29-15-16-8-2-1-3-9-16;20-10-4-3-6-15(22-18(25)13-8-11-21-12-9-13)17(24)19-23-14-5-1-2-7-16(14)26-19;8-6(9)5-1-3-7-4-2-5/h1-5,8-10,12-14,16-17,22H,6-7,11,15,18H2,(H,29,34)(H,30,33);1-5,8-9,11-12,17H,6-7,10,13-15,24H2,(H,25,28);1-2,5,7-9,11-12,15H,3-4,6,10,20H2,(H,22,25);1-4H,(H,8,9)/q;-1;;/t22-;17-;15-;/m010./s1. The van der Waals surface area contributed by atoms with Gasteiger partial charge in [0.2, 0.25) is 11.6 Å². The van der Waals surface area contributed by atoms with Crippen LogP contribution < -0.4 is 52.4 Å². The summed E-state index contributed by atoms with van der Waals surface area (Å²) in [5.41, 5.74) is 11.0. The summed E-state index contributed by atoms with van der Waals surface area (Å²) >= 11 is 3.63. The number of rotatable bonds is 31. The van der Waals surface area contributed by atoms with Crippen molar-refractivity contribution in [2.45, 2.75) is 83.1 Å². The quantitative estimate of drug-likeness (QED) is 0.00699. The summed E-state index contributed by atoms with van der Waals surface area (Å²) in [5.74, 6) is -1.94. The Morgan fingerprint density at radius 1 is 0.436 bits per heavy atom. The molecule has 524 valence electrons. The van der Waals surface area contributed by atoms with Crippen LogP contribution in [0.25, 0.3) is 30.6 Å². The molecule has 27 heteroatoms. The first-order valence-corrected chi connectivity index (χ1v) is 37.6. The minimum Gasteiger partial charge on any atom is -0.478 e. The van der Waals surface area contributed by atoms with Crippen LogP contribution in [0.2, 0.25) is 0 Å². The SMILES string of the molecule is NCCCC[C@H](NC(=O)c1ccncc1)C(=O)c1nc2ccccc2s1.N[I-]C[C@@H](CCCCNC(=O)OCc1ccccc1)C(=O)c1nc2ccccc2s1.O=C(NCCCC[C@H](NC(=O)c1ccncc1)C(=O)c1nc2ccccc2s1)OCc1ccccc1.O=C(O)c1ccncc1. The number of carboxylic acids is 1. The number of benzene rings is 5. The van der Waals surface area contributed by atoms with Crippen molar-refractivity contribution in [3.63, 3.8) is 0 Å². The Balaban J connectivity index is 0.000000183. The average Bonchev–Trinajstić information content (AvgIpc) is 1.70. The number of unbranched alkanes of at least 4 members (excludes halogenated alkanes) is 3. The molecule has 11 rings (SSSR count). The van der Waals surface area contributed by atoms with Crippen molar-refractivity contribution < 1.29 is 74.4 Å². The van der Waals surface area contributed by atoms with E-state index in [1.54, 1.807) is 36.7 Å². The van der Waals surface area contributed by atoms with Crippen molar-refractivity contribution in [1.29, 1.82) is 0 Å². The molecule has 6 heterocycles. The Bertz CT molecular complexity index is 4330. The van der Waals surface area contributed by atoms with E-state index < -0.39 is 51.7 Å². The number of nitrogens with one attached hydrogen (secondary N) is 4. The number of thiazole rings is 3. The Morgan fingerprint density at radius 3 is 1.16 bits per heavy atom. The summed E-state index contributed by atoms with van der Waals surface area (Å²) < 4.78 is 19.9. The molecule has 11 aromatic rings. The van der Waals surface area contributed by atoms with Crippen molar-refractivity contribution in [3.8, 4) is 0 Å². The van der Waals surface area contributed by atoms with E-state index >= 15 is 0 Å². The molecule has 0 saturated carbocycles. The number of fused-ring (bicyclic) bond motifs is 3. The molecular weight excluding hydrogens is 1460 g/mol. The number of amides is 4. The van der Waals surface area contributed by atoms with Crippen LogP contribution in [0.1, 0.15) is 129 Å². The van der Waals surface area contributed by atoms with Gasteiger partial charge in [0, 0.05) is 54.9 Å². The van der Waals surface area contributed by atoms with Gasteiger partial charge in [0.1, 0.15) is 6.61 Å². The first-order valence-electron chi connectivity index (χ1n) is 32.4. The molecule has 0 bridgehead atoms. The number of carbonyl (C=O) groups is 8. The third-order valence-electron chi connectivity index (χ3n) is 15.0. The average molecular weight is 1530 g/mol. The number of alkyl halides is 1. The van der Waals surface area contributed by atoms with E-state index in [-0.39, 0.29) is 53.9 Å².